The highest BCUT2D eigenvalue weighted by Crippen LogP contribution is 2.22. The summed E-state index contributed by atoms with van der Waals surface area (Å²) in [6.07, 6.45) is 0. The standard InChI is InChI=1S/C12H10OS.2C2H6/c1-9(13)10-2-4-11(5-3-10)12-6-7-14-8-12;2*1-2/h2-8H,1H3;2*1-2H3. The Morgan fingerprint density at radius 3 is 1.83 bits per heavy atom. The summed E-state index contributed by atoms with van der Waals surface area (Å²) in [4.78, 5) is 11.0. The summed E-state index contributed by atoms with van der Waals surface area (Å²) >= 11 is 1.68. The molecule has 0 bridgehead atoms. The van der Waals surface area contributed by atoms with Crippen molar-refractivity contribution in [3.8, 4) is 11.1 Å². The fourth-order valence-electron chi connectivity index (χ4n) is 1.33. The van der Waals surface area contributed by atoms with Crippen molar-refractivity contribution in [2.75, 3.05) is 0 Å². The minimum absolute atomic E-state index is 0.113. The van der Waals surface area contributed by atoms with Gasteiger partial charge in [-0.3, -0.25) is 4.79 Å². The Kier molecular flexibility index (Phi) is 8.85. The maximum atomic E-state index is 11.0. The maximum absolute atomic E-state index is 11.0. The van der Waals surface area contributed by atoms with E-state index in [1.807, 2.05) is 57.3 Å². The van der Waals surface area contributed by atoms with Crippen LogP contribution in [-0.4, -0.2) is 5.78 Å². The van der Waals surface area contributed by atoms with E-state index >= 15 is 0 Å². The highest BCUT2D eigenvalue weighted by Gasteiger charge is 2.00. The molecule has 0 saturated heterocycles. The number of ketones is 1. The molecule has 0 atom stereocenters. The zero-order chi connectivity index (χ0) is 14.0. The van der Waals surface area contributed by atoms with E-state index in [0.717, 1.165) is 11.1 Å². The van der Waals surface area contributed by atoms with Crippen LogP contribution in [0.15, 0.2) is 41.1 Å². The highest BCUT2D eigenvalue weighted by atomic mass is 32.1. The molecular formula is C16H22OS. The van der Waals surface area contributed by atoms with Gasteiger partial charge in [-0.25, -0.2) is 0 Å². The summed E-state index contributed by atoms with van der Waals surface area (Å²) in [6, 6.07) is 9.79. The van der Waals surface area contributed by atoms with E-state index in [9.17, 15) is 4.79 Å². The Balaban J connectivity index is 0.000000659. The minimum Gasteiger partial charge on any atom is -0.295 e. The van der Waals surface area contributed by atoms with Crippen molar-refractivity contribution in [1.29, 1.82) is 0 Å². The molecule has 0 aliphatic rings. The first kappa shape index (κ1) is 16.6. The number of benzene rings is 1. The SMILES string of the molecule is CC.CC.CC(=O)c1ccc(-c2ccsc2)cc1. The van der Waals surface area contributed by atoms with Gasteiger partial charge in [0.25, 0.3) is 0 Å². The van der Waals surface area contributed by atoms with Gasteiger partial charge in [0.1, 0.15) is 0 Å². The molecular weight excluding hydrogens is 240 g/mol. The van der Waals surface area contributed by atoms with Gasteiger partial charge in [0.15, 0.2) is 5.78 Å². The molecule has 0 aliphatic heterocycles. The molecule has 0 N–H and O–H groups in total. The fourth-order valence-corrected chi connectivity index (χ4v) is 1.99. The molecule has 2 heteroatoms. The van der Waals surface area contributed by atoms with Gasteiger partial charge >= 0.3 is 0 Å². The van der Waals surface area contributed by atoms with Gasteiger partial charge < -0.3 is 0 Å². The molecule has 98 valence electrons. The Morgan fingerprint density at radius 1 is 0.889 bits per heavy atom. The Morgan fingerprint density at radius 2 is 1.44 bits per heavy atom. The third-order valence-electron chi connectivity index (χ3n) is 2.15. The van der Waals surface area contributed by atoms with E-state index in [1.54, 1.807) is 18.3 Å². The normalized spacial score (nSPS) is 8.50. The summed E-state index contributed by atoms with van der Waals surface area (Å²) in [5, 5.41) is 4.15. The molecule has 0 spiro atoms. The summed E-state index contributed by atoms with van der Waals surface area (Å²) in [7, 11) is 0. The van der Waals surface area contributed by atoms with Crippen LogP contribution in [0.5, 0.6) is 0 Å². The molecule has 0 saturated carbocycles. The second-order valence-corrected chi connectivity index (χ2v) is 3.93. The average Bonchev–Trinajstić information content (AvgIpc) is 2.97. The second kappa shape index (κ2) is 9.60. The lowest BCUT2D eigenvalue weighted by atomic mass is 10.1. The first-order valence-electron chi connectivity index (χ1n) is 6.41. The first-order chi connectivity index (χ1) is 8.77. The Bertz CT molecular complexity index is 427. The number of carbonyl (C=O) groups is 1. The minimum atomic E-state index is 0.113. The highest BCUT2D eigenvalue weighted by molar-refractivity contribution is 7.08. The Labute approximate surface area is 114 Å². The van der Waals surface area contributed by atoms with Crippen LogP contribution in [-0.2, 0) is 0 Å². The van der Waals surface area contributed by atoms with Crippen LogP contribution < -0.4 is 0 Å². The monoisotopic (exact) mass is 262 g/mol. The maximum Gasteiger partial charge on any atom is 0.159 e. The largest absolute Gasteiger partial charge is 0.295 e. The number of rotatable bonds is 2. The van der Waals surface area contributed by atoms with Crippen LogP contribution in [0.25, 0.3) is 11.1 Å². The third kappa shape index (κ3) is 4.84. The molecule has 0 radical (unpaired) electrons. The van der Waals surface area contributed by atoms with Crippen LogP contribution >= 0.6 is 11.3 Å². The number of thiophene rings is 1. The lowest BCUT2D eigenvalue weighted by Crippen LogP contribution is -1.90. The van der Waals surface area contributed by atoms with E-state index in [1.165, 1.54) is 5.56 Å². The Hall–Kier alpha value is -1.41. The van der Waals surface area contributed by atoms with Crippen molar-refractivity contribution < 1.29 is 4.79 Å². The second-order valence-electron chi connectivity index (χ2n) is 3.15. The van der Waals surface area contributed by atoms with Crippen molar-refractivity contribution >= 4 is 17.1 Å². The predicted molar refractivity (Wildman–Crippen MR) is 82.5 cm³/mol. The van der Waals surface area contributed by atoms with Gasteiger partial charge in [0.2, 0.25) is 0 Å². The topological polar surface area (TPSA) is 17.1 Å². The van der Waals surface area contributed by atoms with Crippen molar-refractivity contribution in [2.24, 2.45) is 0 Å². The summed E-state index contributed by atoms with van der Waals surface area (Å²) in [5.74, 6) is 0.113. The molecule has 1 aromatic heterocycles. The first-order valence-corrected chi connectivity index (χ1v) is 7.35. The molecule has 1 aromatic carbocycles. The lowest BCUT2D eigenvalue weighted by Gasteiger charge is -1.98. The van der Waals surface area contributed by atoms with Crippen molar-refractivity contribution in [1.82, 2.24) is 0 Å². The number of hydrogen-bond donors (Lipinski definition) is 0. The van der Waals surface area contributed by atoms with E-state index < -0.39 is 0 Å². The molecule has 18 heavy (non-hydrogen) atoms. The van der Waals surface area contributed by atoms with Crippen molar-refractivity contribution in [3.05, 3.63) is 46.7 Å². The van der Waals surface area contributed by atoms with Crippen LogP contribution in [0.4, 0.5) is 0 Å². The fraction of sp³-hybridized carbons (Fsp3) is 0.312. The van der Waals surface area contributed by atoms with Crippen LogP contribution in [0.3, 0.4) is 0 Å². The van der Waals surface area contributed by atoms with Crippen molar-refractivity contribution in [2.45, 2.75) is 34.6 Å². The molecule has 0 aliphatic carbocycles. The molecule has 2 rings (SSSR count). The van der Waals surface area contributed by atoms with E-state index in [0.29, 0.717) is 0 Å². The smallest absolute Gasteiger partial charge is 0.159 e. The van der Waals surface area contributed by atoms with E-state index in [-0.39, 0.29) is 5.78 Å². The van der Waals surface area contributed by atoms with Crippen molar-refractivity contribution in [3.63, 3.8) is 0 Å². The third-order valence-corrected chi connectivity index (χ3v) is 2.83. The molecule has 1 nitrogen and oxygen atoms in total. The lowest BCUT2D eigenvalue weighted by molar-refractivity contribution is 0.101. The van der Waals surface area contributed by atoms with Crippen LogP contribution in [0, 0.1) is 0 Å². The van der Waals surface area contributed by atoms with E-state index in [2.05, 4.69) is 11.4 Å². The van der Waals surface area contributed by atoms with Crippen LogP contribution in [0.1, 0.15) is 45.0 Å². The predicted octanol–water partition coefficient (Wildman–Crippen LogP) is 5.67. The van der Waals surface area contributed by atoms with Gasteiger partial charge in [0.05, 0.1) is 0 Å². The van der Waals surface area contributed by atoms with Gasteiger partial charge in [-0.15, -0.1) is 0 Å². The molecule has 1 heterocycles. The van der Waals surface area contributed by atoms with Crippen LogP contribution in [0.2, 0.25) is 0 Å². The van der Waals surface area contributed by atoms with Gasteiger partial charge in [-0.2, -0.15) is 11.3 Å². The summed E-state index contributed by atoms with van der Waals surface area (Å²) in [5.41, 5.74) is 3.14. The number of Topliss-reactive ketones (excluding diaryl/α,β-unsaturated/α-hetero) is 1. The van der Waals surface area contributed by atoms with Gasteiger partial charge in [-0.1, -0.05) is 52.0 Å². The molecule has 0 fully saturated rings. The zero-order valence-electron chi connectivity index (χ0n) is 11.9. The number of carbonyl (C=O) groups excluding carboxylic acids is 1. The zero-order valence-corrected chi connectivity index (χ0v) is 12.7. The molecule has 0 unspecified atom stereocenters. The molecule has 0 amide bonds. The summed E-state index contributed by atoms with van der Waals surface area (Å²) < 4.78 is 0. The van der Waals surface area contributed by atoms with E-state index in [4.69, 9.17) is 0 Å². The summed E-state index contributed by atoms with van der Waals surface area (Å²) in [6.45, 7) is 9.58. The quantitative estimate of drug-likeness (QED) is 0.637. The number of hydrogen-bond acceptors (Lipinski definition) is 2. The molecule has 2 aromatic rings. The average molecular weight is 262 g/mol. The van der Waals surface area contributed by atoms with Gasteiger partial charge in [0, 0.05) is 5.56 Å². The van der Waals surface area contributed by atoms with Gasteiger partial charge in [-0.05, 0) is 34.9 Å².